The van der Waals surface area contributed by atoms with E-state index in [1.807, 2.05) is 0 Å². The van der Waals surface area contributed by atoms with E-state index < -0.39 is 54.6 Å². The molecule has 0 saturated carbocycles. The molecule has 2 aromatic carbocycles. The first kappa shape index (κ1) is 27.7. The summed E-state index contributed by atoms with van der Waals surface area (Å²) in [5, 5.41) is 13.9. The number of rotatable bonds is 9. The van der Waals surface area contributed by atoms with Crippen molar-refractivity contribution in [2.75, 3.05) is 42.6 Å². The van der Waals surface area contributed by atoms with Gasteiger partial charge in [-0.2, -0.15) is 0 Å². The number of anilines is 2. The Morgan fingerprint density at radius 1 is 0.949 bits per heavy atom. The second kappa shape index (κ2) is 11.6. The van der Waals surface area contributed by atoms with Crippen molar-refractivity contribution in [3.8, 4) is 11.1 Å². The van der Waals surface area contributed by atoms with Crippen LogP contribution in [0.25, 0.3) is 11.1 Å². The molecular formula is C25H27F2N5O7. The molecule has 5 N–H and O–H groups in total. The van der Waals surface area contributed by atoms with Gasteiger partial charge in [-0.3, -0.25) is 19.4 Å². The summed E-state index contributed by atoms with van der Waals surface area (Å²) in [6.45, 7) is 0.985. The molecule has 2 aliphatic heterocycles. The quantitative estimate of drug-likeness (QED) is 0.359. The molecule has 208 valence electrons. The summed E-state index contributed by atoms with van der Waals surface area (Å²) in [6.07, 6.45) is -2.77. The lowest BCUT2D eigenvalue weighted by atomic mass is 10.0. The van der Waals surface area contributed by atoms with Gasteiger partial charge in [0.2, 0.25) is 11.8 Å². The predicted molar refractivity (Wildman–Crippen MR) is 134 cm³/mol. The van der Waals surface area contributed by atoms with Crippen LogP contribution in [0.3, 0.4) is 0 Å². The average Bonchev–Trinajstić information content (AvgIpc) is 3.47. The molecular weight excluding hydrogens is 520 g/mol. The Bertz CT molecular complexity index is 1290. The molecule has 2 aromatic rings. The number of carbonyl (C=O) groups excluding carboxylic acids is 4. The van der Waals surface area contributed by atoms with Gasteiger partial charge in [-0.15, -0.1) is 0 Å². The number of nitrogens with zero attached hydrogens (tertiary/aromatic N) is 2. The van der Waals surface area contributed by atoms with Crippen LogP contribution in [-0.2, 0) is 19.1 Å². The van der Waals surface area contributed by atoms with Crippen LogP contribution in [0.15, 0.2) is 36.4 Å². The van der Waals surface area contributed by atoms with Crippen molar-refractivity contribution in [2.45, 2.75) is 25.2 Å². The molecule has 2 fully saturated rings. The highest BCUT2D eigenvalue weighted by atomic mass is 19.1. The minimum Gasteiger partial charge on any atom is -0.442 e. The molecule has 2 saturated heterocycles. The van der Waals surface area contributed by atoms with Crippen molar-refractivity contribution < 1.29 is 42.5 Å². The van der Waals surface area contributed by atoms with Gasteiger partial charge in [0.1, 0.15) is 29.9 Å². The standard InChI is InChI=1S/C25H27F2N5O7/c1-13(34)29-8-16-10-31(24(36)38-16)14-2-4-18(20(26)6-14)19-5-3-15(7-21(19)27)32-11-17(39-25(32)37)9-30-23(35)22(28)12-33/h2-7,16-17,22,33H,8-12,28H2,1H3,(H,29,34)(H,30,35)/t16-,17+,22+/m1/s1. The monoisotopic (exact) mass is 547 g/mol. The van der Waals surface area contributed by atoms with Gasteiger partial charge < -0.3 is 30.9 Å². The molecule has 0 radical (unpaired) electrons. The van der Waals surface area contributed by atoms with E-state index in [0.717, 1.165) is 12.1 Å². The van der Waals surface area contributed by atoms with Gasteiger partial charge in [0, 0.05) is 18.1 Å². The fourth-order valence-electron chi connectivity index (χ4n) is 4.14. The zero-order chi connectivity index (χ0) is 28.3. The molecule has 0 bridgehead atoms. The van der Waals surface area contributed by atoms with E-state index >= 15 is 8.78 Å². The van der Waals surface area contributed by atoms with Gasteiger partial charge in [-0.25, -0.2) is 18.4 Å². The number of amides is 4. The number of carbonyl (C=O) groups is 4. The molecule has 14 heteroatoms. The van der Waals surface area contributed by atoms with E-state index in [0.29, 0.717) is 0 Å². The summed E-state index contributed by atoms with van der Waals surface area (Å²) in [6, 6.07) is 6.58. The molecule has 4 amide bonds. The average molecular weight is 548 g/mol. The Hall–Kier alpha value is -4.30. The summed E-state index contributed by atoms with van der Waals surface area (Å²) in [5.41, 5.74) is 5.68. The minimum absolute atomic E-state index is 0.0180. The van der Waals surface area contributed by atoms with Gasteiger partial charge in [0.05, 0.1) is 44.2 Å². The highest BCUT2D eigenvalue weighted by Crippen LogP contribution is 2.33. The van der Waals surface area contributed by atoms with E-state index in [1.54, 1.807) is 0 Å². The maximum atomic E-state index is 15.1. The number of aliphatic hydroxyl groups is 1. The van der Waals surface area contributed by atoms with E-state index in [4.69, 9.17) is 20.3 Å². The van der Waals surface area contributed by atoms with Crippen molar-refractivity contribution in [3.63, 3.8) is 0 Å². The molecule has 3 atom stereocenters. The molecule has 39 heavy (non-hydrogen) atoms. The molecule has 0 unspecified atom stereocenters. The smallest absolute Gasteiger partial charge is 0.414 e. The normalized spacial score (nSPS) is 19.5. The highest BCUT2D eigenvalue weighted by molar-refractivity contribution is 5.91. The van der Waals surface area contributed by atoms with Crippen LogP contribution in [-0.4, -0.2) is 80.1 Å². The van der Waals surface area contributed by atoms with E-state index in [-0.39, 0.29) is 54.6 Å². The molecule has 2 aliphatic rings. The minimum atomic E-state index is -1.11. The Balaban J connectivity index is 1.43. The number of aliphatic hydroxyl groups excluding tert-OH is 1. The van der Waals surface area contributed by atoms with Gasteiger partial charge in [-0.1, -0.05) is 0 Å². The molecule has 2 heterocycles. The maximum Gasteiger partial charge on any atom is 0.414 e. The largest absolute Gasteiger partial charge is 0.442 e. The first-order valence-electron chi connectivity index (χ1n) is 12.0. The summed E-state index contributed by atoms with van der Waals surface area (Å²) in [4.78, 5) is 49.7. The molecule has 0 spiro atoms. The van der Waals surface area contributed by atoms with Crippen molar-refractivity contribution in [1.82, 2.24) is 10.6 Å². The second-order valence-corrected chi connectivity index (χ2v) is 9.03. The van der Waals surface area contributed by atoms with Crippen LogP contribution in [0.2, 0.25) is 0 Å². The topological polar surface area (TPSA) is 164 Å². The zero-order valence-electron chi connectivity index (χ0n) is 20.9. The Morgan fingerprint density at radius 3 is 1.82 bits per heavy atom. The predicted octanol–water partition coefficient (Wildman–Crippen LogP) is 0.854. The summed E-state index contributed by atoms with van der Waals surface area (Å²) in [7, 11) is 0. The summed E-state index contributed by atoms with van der Waals surface area (Å²) in [5.74, 6) is -2.47. The third kappa shape index (κ3) is 6.23. The zero-order valence-corrected chi connectivity index (χ0v) is 20.9. The number of nitrogens with two attached hydrogens (primary N) is 1. The lowest BCUT2D eigenvalue weighted by molar-refractivity contribution is -0.123. The van der Waals surface area contributed by atoms with Crippen LogP contribution in [0.4, 0.5) is 29.7 Å². The number of nitrogens with one attached hydrogen (secondary N) is 2. The van der Waals surface area contributed by atoms with Crippen molar-refractivity contribution in [2.24, 2.45) is 5.73 Å². The third-order valence-electron chi connectivity index (χ3n) is 6.18. The first-order chi connectivity index (χ1) is 18.6. The molecule has 0 aromatic heterocycles. The number of hydrogen-bond donors (Lipinski definition) is 4. The van der Waals surface area contributed by atoms with Crippen LogP contribution >= 0.6 is 0 Å². The van der Waals surface area contributed by atoms with Gasteiger partial charge >= 0.3 is 12.2 Å². The molecule has 4 rings (SSSR count). The van der Waals surface area contributed by atoms with Gasteiger partial charge in [0.25, 0.3) is 0 Å². The number of benzene rings is 2. The van der Waals surface area contributed by atoms with Crippen LogP contribution in [0, 0.1) is 11.6 Å². The molecule has 12 nitrogen and oxygen atoms in total. The van der Waals surface area contributed by atoms with E-state index in [1.165, 1.54) is 41.0 Å². The number of hydrogen-bond acceptors (Lipinski definition) is 8. The van der Waals surface area contributed by atoms with Crippen molar-refractivity contribution in [1.29, 1.82) is 0 Å². The fraction of sp³-hybridized carbons (Fsp3) is 0.360. The Labute approximate surface area is 221 Å². The number of cyclic esters (lactones) is 2. The summed E-state index contributed by atoms with van der Waals surface area (Å²) >= 11 is 0. The highest BCUT2D eigenvalue weighted by Gasteiger charge is 2.34. The second-order valence-electron chi connectivity index (χ2n) is 9.03. The van der Waals surface area contributed by atoms with Gasteiger partial charge in [-0.05, 0) is 36.4 Å². The first-order valence-corrected chi connectivity index (χ1v) is 12.0. The third-order valence-corrected chi connectivity index (χ3v) is 6.18. The SMILES string of the molecule is CC(=O)NC[C@@H]1CN(c2ccc(-c3ccc(N4C[C@H](CNC(=O)[C@@H](N)CO)OC4=O)cc3F)c(F)c2)C(=O)O1. The summed E-state index contributed by atoms with van der Waals surface area (Å²) < 4.78 is 40.5. The van der Waals surface area contributed by atoms with Crippen LogP contribution in [0.1, 0.15) is 6.92 Å². The van der Waals surface area contributed by atoms with E-state index in [9.17, 15) is 19.2 Å². The Morgan fingerprint density at radius 2 is 1.41 bits per heavy atom. The lowest BCUT2D eigenvalue weighted by Gasteiger charge is -2.16. The maximum absolute atomic E-state index is 15.1. The molecule has 0 aliphatic carbocycles. The van der Waals surface area contributed by atoms with E-state index in [2.05, 4.69) is 10.6 Å². The van der Waals surface area contributed by atoms with Crippen LogP contribution < -0.4 is 26.2 Å². The number of ether oxygens (including phenoxy) is 2. The number of halogens is 2. The van der Waals surface area contributed by atoms with Gasteiger partial charge in [0.15, 0.2) is 0 Å². The van der Waals surface area contributed by atoms with Crippen LogP contribution in [0.5, 0.6) is 0 Å². The lowest BCUT2D eigenvalue weighted by Crippen LogP contribution is -2.45. The fourth-order valence-corrected chi connectivity index (χ4v) is 4.14. The van der Waals surface area contributed by atoms with Crippen molar-refractivity contribution in [3.05, 3.63) is 48.0 Å². The van der Waals surface area contributed by atoms with Crippen molar-refractivity contribution >= 4 is 35.4 Å². The Kier molecular flexibility index (Phi) is 8.26.